The number of rotatable bonds is 5. The lowest BCUT2D eigenvalue weighted by Gasteiger charge is -2.08. The molecule has 1 heterocycles. The number of hydrogen-bond donors (Lipinski definition) is 1. The Morgan fingerprint density at radius 3 is 2.84 bits per heavy atom. The fraction of sp³-hybridized carbons (Fsp3) is 0.286. The predicted octanol–water partition coefficient (Wildman–Crippen LogP) is 2.28. The van der Waals surface area contributed by atoms with E-state index in [4.69, 9.17) is 9.84 Å². The van der Waals surface area contributed by atoms with Gasteiger partial charge in [-0.2, -0.15) is 0 Å². The summed E-state index contributed by atoms with van der Waals surface area (Å²) in [4.78, 5) is 15.1. The number of aromatic carboxylic acids is 1. The quantitative estimate of drug-likeness (QED) is 0.895. The summed E-state index contributed by atoms with van der Waals surface area (Å²) < 4.78 is 7.56. The van der Waals surface area contributed by atoms with Crippen molar-refractivity contribution in [3.8, 4) is 5.75 Å². The van der Waals surface area contributed by atoms with Crippen molar-refractivity contribution in [1.29, 1.82) is 0 Å². The van der Waals surface area contributed by atoms with Crippen LogP contribution in [0.2, 0.25) is 0 Å². The Bertz CT molecular complexity index is 590. The van der Waals surface area contributed by atoms with Gasteiger partial charge in [0.1, 0.15) is 18.2 Å². The third kappa shape index (κ3) is 3.34. The molecule has 1 N–H and O–H groups in total. The predicted molar refractivity (Wildman–Crippen MR) is 70.6 cm³/mol. The second-order valence-electron chi connectivity index (χ2n) is 4.30. The van der Waals surface area contributed by atoms with Gasteiger partial charge in [-0.25, -0.2) is 9.78 Å². The maximum Gasteiger partial charge on any atom is 0.335 e. The van der Waals surface area contributed by atoms with Crippen LogP contribution in [0.1, 0.15) is 21.9 Å². The molecular formula is C14H16N2O3. The average molecular weight is 260 g/mol. The standard InChI is InChI=1S/C14H16N2O3/c1-10-9-16(11(2)15-10)6-7-19-13-5-3-4-12(8-13)14(17)18/h3-5,8-9H,6-7H2,1-2H3,(H,17,18). The highest BCUT2D eigenvalue weighted by Crippen LogP contribution is 2.13. The van der Waals surface area contributed by atoms with Crippen LogP contribution in [0.3, 0.4) is 0 Å². The number of aromatic nitrogens is 2. The number of carbonyl (C=O) groups is 1. The molecule has 0 saturated carbocycles. The monoisotopic (exact) mass is 260 g/mol. The molecule has 100 valence electrons. The van der Waals surface area contributed by atoms with Crippen molar-refractivity contribution >= 4 is 5.97 Å². The molecule has 0 aliphatic heterocycles. The number of ether oxygens (including phenoxy) is 1. The van der Waals surface area contributed by atoms with Crippen LogP contribution in [0.25, 0.3) is 0 Å². The third-order valence-electron chi connectivity index (χ3n) is 2.78. The topological polar surface area (TPSA) is 64.3 Å². The van der Waals surface area contributed by atoms with E-state index in [-0.39, 0.29) is 5.56 Å². The first-order valence-electron chi connectivity index (χ1n) is 6.03. The van der Waals surface area contributed by atoms with E-state index in [2.05, 4.69) is 4.98 Å². The molecule has 0 fully saturated rings. The van der Waals surface area contributed by atoms with Crippen LogP contribution in [0.15, 0.2) is 30.5 Å². The third-order valence-corrected chi connectivity index (χ3v) is 2.78. The van der Waals surface area contributed by atoms with Gasteiger partial charge in [-0.05, 0) is 32.0 Å². The smallest absolute Gasteiger partial charge is 0.335 e. The molecule has 2 aromatic rings. The summed E-state index contributed by atoms with van der Waals surface area (Å²) in [5.74, 6) is 0.557. The molecule has 5 nitrogen and oxygen atoms in total. The highest BCUT2D eigenvalue weighted by molar-refractivity contribution is 5.87. The summed E-state index contributed by atoms with van der Waals surface area (Å²) in [5.41, 5.74) is 1.21. The van der Waals surface area contributed by atoms with Gasteiger partial charge >= 0.3 is 5.97 Å². The maximum atomic E-state index is 10.8. The molecule has 1 aromatic carbocycles. The van der Waals surface area contributed by atoms with Crippen molar-refractivity contribution < 1.29 is 14.6 Å². The second-order valence-corrected chi connectivity index (χ2v) is 4.30. The molecule has 19 heavy (non-hydrogen) atoms. The minimum absolute atomic E-state index is 0.229. The normalized spacial score (nSPS) is 10.4. The summed E-state index contributed by atoms with van der Waals surface area (Å²) in [6.45, 7) is 5.04. The minimum Gasteiger partial charge on any atom is -0.492 e. The second kappa shape index (κ2) is 5.56. The van der Waals surface area contributed by atoms with E-state index in [1.54, 1.807) is 18.2 Å². The highest BCUT2D eigenvalue weighted by atomic mass is 16.5. The van der Waals surface area contributed by atoms with Crippen molar-refractivity contribution in [2.75, 3.05) is 6.61 Å². The van der Waals surface area contributed by atoms with Crippen LogP contribution < -0.4 is 4.74 Å². The number of hydrogen-bond acceptors (Lipinski definition) is 3. The fourth-order valence-electron chi connectivity index (χ4n) is 1.87. The first-order valence-corrected chi connectivity index (χ1v) is 6.03. The fourth-order valence-corrected chi connectivity index (χ4v) is 1.87. The number of aryl methyl sites for hydroxylation is 2. The average Bonchev–Trinajstić information content (AvgIpc) is 2.68. The van der Waals surface area contributed by atoms with Crippen molar-refractivity contribution in [3.05, 3.63) is 47.5 Å². The summed E-state index contributed by atoms with van der Waals surface area (Å²) in [6.07, 6.45) is 1.96. The molecule has 5 heteroatoms. The molecule has 1 aromatic heterocycles. The molecule has 0 bridgehead atoms. The summed E-state index contributed by atoms with van der Waals surface area (Å²) in [6, 6.07) is 6.48. The van der Waals surface area contributed by atoms with Gasteiger partial charge in [-0.1, -0.05) is 6.07 Å². The van der Waals surface area contributed by atoms with Gasteiger partial charge in [-0.3, -0.25) is 0 Å². The van der Waals surface area contributed by atoms with Crippen LogP contribution in [-0.2, 0) is 6.54 Å². The molecule has 0 aliphatic carbocycles. The number of benzene rings is 1. The zero-order valence-electron chi connectivity index (χ0n) is 11.0. The Morgan fingerprint density at radius 1 is 1.42 bits per heavy atom. The van der Waals surface area contributed by atoms with Crippen LogP contribution in [-0.4, -0.2) is 27.2 Å². The lowest BCUT2D eigenvalue weighted by Crippen LogP contribution is -2.09. The molecule has 0 unspecified atom stereocenters. The Hall–Kier alpha value is -2.30. The Balaban J connectivity index is 1.94. The van der Waals surface area contributed by atoms with Crippen molar-refractivity contribution in [2.45, 2.75) is 20.4 Å². The number of carboxylic acids is 1. The first kappa shape index (κ1) is 13.1. The van der Waals surface area contributed by atoms with Gasteiger partial charge in [-0.15, -0.1) is 0 Å². The van der Waals surface area contributed by atoms with E-state index >= 15 is 0 Å². The molecule has 0 aliphatic rings. The zero-order valence-corrected chi connectivity index (χ0v) is 11.0. The Kier molecular flexibility index (Phi) is 3.85. The van der Waals surface area contributed by atoms with Gasteiger partial charge in [0, 0.05) is 6.20 Å². The lowest BCUT2D eigenvalue weighted by molar-refractivity contribution is 0.0696. The molecule has 0 amide bonds. The van der Waals surface area contributed by atoms with Gasteiger partial charge in [0.05, 0.1) is 17.8 Å². The van der Waals surface area contributed by atoms with Crippen LogP contribution in [0, 0.1) is 13.8 Å². The van der Waals surface area contributed by atoms with Crippen molar-refractivity contribution in [2.24, 2.45) is 0 Å². The Morgan fingerprint density at radius 2 is 2.21 bits per heavy atom. The van der Waals surface area contributed by atoms with E-state index in [1.165, 1.54) is 6.07 Å². The van der Waals surface area contributed by atoms with E-state index in [0.29, 0.717) is 18.9 Å². The van der Waals surface area contributed by atoms with Gasteiger partial charge in [0.2, 0.25) is 0 Å². The lowest BCUT2D eigenvalue weighted by atomic mass is 10.2. The van der Waals surface area contributed by atoms with Crippen LogP contribution in [0.4, 0.5) is 0 Å². The summed E-state index contributed by atoms with van der Waals surface area (Å²) in [7, 11) is 0. The first-order chi connectivity index (χ1) is 9.06. The number of imidazole rings is 1. The number of nitrogens with zero attached hydrogens (tertiary/aromatic N) is 2. The van der Waals surface area contributed by atoms with Crippen LogP contribution in [0.5, 0.6) is 5.75 Å². The van der Waals surface area contributed by atoms with Gasteiger partial charge in [0.25, 0.3) is 0 Å². The summed E-state index contributed by atoms with van der Waals surface area (Å²) in [5, 5.41) is 8.88. The van der Waals surface area contributed by atoms with Crippen molar-refractivity contribution in [1.82, 2.24) is 9.55 Å². The van der Waals surface area contributed by atoms with E-state index in [0.717, 1.165) is 11.5 Å². The highest BCUT2D eigenvalue weighted by Gasteiger charge is 2.04. The SMILES string of the molecule is Cc1cn(CCOc2cccc(C(=O)O)c2)c(C)n1. The molecule has 0 radical (unpaired) electrons. The van der Waals surface area contributed by atoms with Crippen LogP contribution >= 0.6 is 0 Å². The van der Waals surface area contributed by atoms with Crippen molar-refractivity contribution in [3.63, 3.8) is 0 Å². The van der Waals surface area contributed by atoms with Gasteiger partial charge in [0.15, 0.2) is 0 Å². The van der Waals surface area contributed by atoms with E-state index in [1.807, 2.05) is 24.6 Å². The molecule has 0 saturated heterocycles. The molecule has 0 spiro atoms. The molecular weight excluding hydrogens is 244 g/mol. The number of carboxylic acid groups (broad SMARTS) is 1. The largest absolute Gasteiger partial charge is 0.492 e. The zero-order chi connectivity index (χ0) is 13.8. The maximum absolute atomic E-state index is 10.8. The molecule has 0 atom stereocenters. The van der Waals surface area contributed by atoms with Gasteiger partial charge < -0.3 is 14.4 Å². The molecule has 2 rings (SSSR count). The Labute approximate surface area is 111 Å². The van der Waals surface area contributed by atoms with E-state index < -0.39 is 5.97 Å². The van der Waals surface area contributed by atoms with E-state index in [9.17, 15) is 4.79 Å². The minimum atomic E-state index is -0.952. The summed E-state index contributed by atoms with van der Waals surface area (Å²) >= 11 is 0.